The molecule has 1 aromatic carbocycles. The van der Waals surface area contributed by atoms with Crippen LogP contribution in [0.15, 0.2) is 29.2 Å². The van der Waals surface area contributed by atoms with E-state index < -0.39 is 9.84 Å². The van der Waals surface area contributed by atoms with E-state index in [1.54, 1.807) is 17.0 Å². The Hall–Kier alpha value is -2.46. The minimum atomic E-state index is -3.26. The summed E-state index contributed by atoms with van der Waals surface area (Å²) in [4.78, 5) is 31.0. The summed E-state index contributed by atoms with van der Waals surface area (Å²) in [7, 11) is -1.91. The molecule has 8 nitrogen and oxygen atoms in total. The van der Waals surface area contributed by atoms with Crippen molar-refractivity contribution in [1.29, 1.82) is 0 Å². The minimum absolute atomic E-state index is 0.114. The second-order valence-corrected chi connectivity index (χ2v) is 9.27. The number of aromatic nitrogens is 1. The maximum absolute atomic E-state index is 12.2. The highest BCUT2D eigenvalue weighted by molar-refractivity contribution is 7.90. The minimum Gasteiger partial charge on any atom is -0.453 e. The summed E-state index contributed by atoms with van der Waals surface area (Å²) < 4.78 is 27.7. The Bertz CT molecular complexity index is 967. The van der Waals surface area contributed by atoms with E-state index in [-0.39, 0.29) is 23.3 Å². The van der Waals surface area contributed by atoms with E-state index in [1.165, 1.54) is 30.6 Å². The van der Waals surface area contributed by atoms with E-state index in [2.05, 4.69) is 10.3 Å². The summed E-state index contributed by atoms with van der Waals surface area (Å²) in [6.07, 6.45) is 1.49. The Morgan fingerprint density at radius 1 is 1.30 bits per heavy atom. The average Bonchev–Trinajstić information content (AvgIpc) is 3.01. The highest BCUT2D eigenvalue weighted by Gasteiger charge is 2.25. The Kier molecular flexibility index (Phi) is 5.47. The first-order chi connectivity index (χ1) is 12.8. The van der Waals surface area contributed by atoms with E-state index in [4.69, 9.17) is 4.74 Å². The molecule has 0 radical (unpaired) electrons. The molecule has 1 aromatic heterocycles. The van der Waals surface area contributed by atoms with E-state index >= 15 is 0 Å². The molecule has 27 heavy (non-hydrogen) atoms. The third-order valence-electron chi connectivity index (χ3n) is 4.13. The van der Waals surface area contributed by atoms with Gasteiger partial charge in [0.05, 0.1) is 30.7 Å². The predicted octanol–water partition coefficient (Wildman–Crippen LogP) is 1.85. The Morgan fingerprint density at radius 2 is 2.00 bits per heavy atom. The molecule has 1 aliphatic heterocycles. The summed E-state index contributed by atoms with van der Waals surface area (Å²) in [6.45, 7) is 0.950. The first-order valence-corrected chi connectivity index (χ1v) is 10.9. The van der Waals surface area contributed by atoms with Crippen LogP contribution in [0.5, 0.6) is 0 Å². The first-order valence-electron chi connectivity index (χ1n) is 8.16. The number of nitrogens with zero attached hydrogens (tertiary/aromatic N) is 2. The zero-order valence-electron chi connectivity index (χ0n) is 14.9. The van der Waals surface area contributed by atoms with E-state index in [1.807, 2.05) is 0 Å². The number of nitrogens with one attached hydrogen (secondary N) is 1. The van der Waals surface area contributed by atoms with Crippen LogP contribution in [-0.2, 0) is 38.8 Å². The molecule has 144 valence electrons. The molecule has 0 saturated heterocycles. The SMILES string of the molecule is COC(=O)N1CCc2nc(NC(=O)Cc3ccc(S(C)(=O)=O)cc3)sc2C1. The number of rotatable bonds is 4. The summed E-state index contributed by atoms with van der Waals surface area (Å²) in [6, 6.07) is 6.22. The molecule has 1 aliphatic rings. The number of amides is 2. The lowest BCUT2D eigenvalue weighted by Crippen LogP contribution is -2.35. The van der Waals surface area contributed by atoms with Crippen molar-refractivity contribution < 1.29 is 22.7 Å². The molecule has 0 fully saturated rings. The topological polar surface area (TPSA) is 106 Å². The van der Waals surface area contributed by atoms with Gasteiger partial charge in [-0.3, -0.25) is 4.79 Å². The third-order valence-corrected chi connectivity index (χ3v) is 6.25. The Labute approximate surface area is 161 Å². The van der Waals surface area contributed by atoms with E-state index in [9.17, 15) is 18.0 Å². The molecule has 0 atom stereocenters. The smallest absolute Gasteiger partial charge is 0.409 e. The molecule has 0 unspecified atom stereocenters. The first kappa shape index (κ1) is 19.3. The van der Waals surface area contributed by atoms with Crippen molar-refractivity contribution in [3.8, 4) is 0 Å². The molecule has 0 spiro atoms. The lowest BCUT2D eigenvalue weighted by Gasteiger charge is -2.24. The largest absolute Gasteiger partial charge is 0.453 e. The van der Waals surface area contributed by atoms with Gasteiger partial charge in [-0.1, -0.05) is 23.5 Å². The van der Waals surface area contributed by atoms with Gasteiger partial charge in [0.1, 0.15) is 0 Å². The van der Waals surface area contributed by atoms with Crippen LogP contribution in [0.4, 0.5) is 9.93 Å². The van der Waals surface area contributed by atoms with Crippen molar-refractivity contribution in [2.45, 2.75) is 24.3 Å². The number of fused-ring (bicyclic) bond motifs is 1. The fraction of sp³-hybridized carbons (Fsp3) is 0.353. The molecule has 3 rings (SSSR count). The average molecular weight is 409 g/mol. The second kappa shape index (κ2) is 7.65. The molecule has 2 aromatic rings. The number of carbonyl (C=O) groups is 2. The van der Waals surface area contributed by atoms with Crippen LogP contribution in [0, 0.1) is 0 Å². The molecule has 0 bridgehead atoms. The van der Waals surface area contributed by atoms with Crippen LogP contribution in [0.25, 0.3) is 0 Å². The predicted molar refractivity (Wildman–Crippen MR) is 101 cm³/mol. The van der Waals surface area contributed by atoms with Crippen LogP contribution in [-0.4, -0.2) is 50.2 Å². The van der Waals surface area contributed by atoms with Crippen molar-refractivity contribution in [1.82, 2.24) is 9.88 Å². The van der Waals surface area contributed by atoms with Crippen molar-refractivity contribution in [3.05, 3.63) is 40.4 Å². The lowest BCUT2D eigenvalue weighted by molar-refractivity contribution is -0.115. The zero-order valence-corrected chi connectivity index (χ0v) is 16.5. The number of methoxy groups -OCH3 is 1. The number of benzene rings is 1. The number of sulfone groups is 1. The van der Waals surface area contributed by atoms with Crippen LogP contribution >= 0.6 is 11.3 Å². The standard InChI is InChI=1S/C17H19N3O5S2/c1-25-17(22)20-8-7-13-14(10-20)26-16(18-13)19-15(21)9-11-3-5-12(6-4-11)27(2,23)24/h3-6H,7-10H2,1-2H3,(H,18,19,21). The highest BCUT2D eigenvalue weighted by Crippen LogP contribution is 2.28. The van der Waals surface area contributed by atoms with Gasteiger partial charge in [-0.25, -0.2) is 18.2 Å². The van der Waals surface area contributed by atoms with Gasteiger partial charge in [-0.2, -0.15) is 0 Å². The van der Waals surface area contributed by atoms with Gasteiger partial charge in [0, 0.05) is 24.1 Å². The molecule has 0 aliphatic carbocycles. The summed E-state index contributed by atoms with van der Waals surface area (Å²) in [5.41, 5.74) is 1.59. The van der Waals surface area contributed by atoms with Gasteiger partial charge in [-0.05, 0) is 17.7 Å². The van der Waals surface area contributed by atoms with Crippen LogP contribution in [0.1, 0.15) is 16.1 Å². The normalized spacial score (nSPS) is 13.8. The van der Waals surface area contributed by atoms with Crippen molar-refractivity contribution in [2.75, 3.05) is 25.2 Å². The molecular weight excluding hydrogens is 390 g/mol. The molecule has 1 N–H and O–H groups in total. The quantitative estimate of drug-likeness (QED) is 0.826. The number of carbonyl (C=O) groups excluding carboxylic acids is 2. The van der Waals surface area contributed by atoms with Crippen LogP contribution in [0.3, 0.4) is 0 Å². The van der Waals surface area contributed by atoms with Gasteiger partial charge >= 0.3 is 6.09 Å². The van der Waals surface area contributed by atoms with Gasteiger partial charge in [0.25, 0.3) is 0 Å². The summed E-state index contributed by atoms with van der Waals surface area (Å²) >= 11 is 1.34. The van der Waals surface area contributed by atoms with Gasteiger partial charge in [-0.15, -0.1) is 0 Å². The molecule has 0 saturated carbocycles. The molecular formula is C17H19N3O5S2. The monoisotopic (exact) mass is 409 g/mol. The number of hydrogen-bond acceptors (Lipinski definition) is 7. The molecule has 2 heterocycles. The zero-order chi connectivity index (χ0) is 19.6. The summed E-state index contributed by atoms with van der Waals surface area (Å²) in [5.74, 6) is -0.238. The lowest BCUT2D eigenvalue weighted by atomic mass is 10.1. The third kappa shape index (κ3) is 4.64. The Balaban J connectivity index is 1.62. The maximum Gasteiger partial charge on any atom is 0.409 e. The number of hydrogen-bond donors (Lipinski definition) is 1. The highest BCUT2D eigenvalue weighted by atomic mass is 32.2. The second-order valence-electron chi connectivity index (χ2n) is 6.17. The van der Waals surface area contributed by atoms with Crippen LogP contribution < -0.4 is 5.32 Å². The van der Waals surface area contributed by atoms with Crippen molar-refractivity contribution in [3.63, 3.8) is 0 Å². The fourth-order valence-corrected chi connectivity index (χ4v) is 4.41. The fourth-order valence-electron chi connectivity index (χ4n) is 2.74. The molecule has 2 amide bonds. The van der Waals surface area contributed by atoms with Crippen molar-refractivity contribution in [2.24, 2.45) is 0 Å². The maximum atomic E-state index is 12.2. The number of thiazole rings is 1. The Morgan fingerprint density at radius 3 is 2.63 bits per heavy atom. The number of ether oxygens (including phenoxy) is 1. The van der Waals surface area contributed by atoms with Gasteiger partial charge in [0.15, 0.2) is 15.0 Å². The van der Waals surface area contributed by atoms with E-state index in [0.717, 1.165) is 16.8 Å². The van der Waals surface area contributed by atoms with E-state index in [0.29, 0.717) is 30.2 Å². The molecule has 10 heteroatoms. The van der Waals surface area contributed by atoms with Crippen molar-refractivity contribution >= 4 is 38.3 Å². The number of anilines is 1. The van der Waals surface area contributed by atoms with Gasteiger partial charge < -0.3 is 15.0 Å². The summed E-state index contributed by atoms with van der Waals surface area (Å²) in [5, 5.41) is 3.26. The van der Waals surface area contributed by atoms with Crippen LogP contribution in [0.2, 0.25) is 0 Å². The van der Waals surface area contributed by atoms with Gasteiger partial charge in [0.2, 0.25) is 5.91 Å².